The van der Waals surface area contributed by atoms with Crippen molar-refractivity contribution in [1.29, 1.82) is 0 Å². The van der Waals surface area contributed by atoms with Crippen LogP contribution >= 0.6 is 23.5 Å². The fraction of sp³-hybridized carbons (Fsp3) is 0.875. The fourth-order valence-corrected chi connectivity index (χ4v) is 3.94. The van der Waals surface area contributed by atoms with Crippen molar-refractivity contribution in [1.82, 2.24) is 10.6 Å². The summed E-state index contributed by atoms with van der Waals surface area (Å²) in [6.07, 6.45) is 4.47. The third kappa shape index (κ3) is 8.32. The van der Waals surface area contributed by atoms with E-state index in [0.717, 1.165) is 42.3 Å². The Bertz CT molecular complexity index is 340. The van der Waals surface area contributed by atoms with Crippen molar-refractivity contribution in [3.63, 3.8) is 0 Å². The van der Waals surface area contributed by atoms with Gasteiger partial charge in [0.1, 0.15) is 0 Å². The Morgan fingerprint density at radius 2 is 1.64 bits per heavy atom. The van der Waals surface area contributed by atoms with Gasteiger partial charge in [0.05, 0.1) is 0 Å². The molecule has 0 spiro atoms. The number of nitrogens with one attached hydrogen (secondary N) is 2. The highest BCUT2D eigenvalue weighted by atomic mass is 32.2. The molecule has 1 rings (SSSR count). The molecule has 2 atom stereocenters. The summed E-state index contributed by atoms with van der Waals surface area (Å²) in [6, 6.07) is 0.240. The van der Waals surface area contributed by atoms with Crippen LogP contribution in [-0.2, 0) is 9.59 Å². The molecule has 6 heteroatoms. The Kier molecular flexibility index (Phi) is 10.8. The van der Waals surface area contributed by atoms with Gasteiger partial charge in [0.15, 0.2) is 0 Å². The second kappa shape index (κ2) is 12.1. The van der Waals surface area contributed by atoms with E-state index in [4.69, 9.17) is 0 Å². The van der Waals surface area contributed by atoms with E-state index in [9.17, 15) is 9.59 Å². The van der Waals surface area contributed by atoms with Crippen molar-refractivity contribution in [2.45, 2.75) is 52.0 Å². The predicted octanol–water partition coefficient (Wildman–Crippen LogP) is 2.67. The van der Waals surface area contributed by atoms with Crippen LogP contribution in [0.5, 0.6) is 0 Å². The largest absolute Gasteiger partial charge is 0.356 e. The molecule has 0 aromatic rings. The first kappa shape index (κ1) is 19.7. The van der Waals surface area contributed by atoms with Crippen molar-refractivity contribution in [3.8, 4) is 0 Å². The summed E-state index contributed by atoms with van der Waals surface area (Å²) in [4.78, 5) is 23.7. The lowest BCUT2D eigenvalue weighted by Crippen LogP contribution is -2.42. The molecule has 2 N–H and O–H groups in total. The topological polar surface area (TPSA) is 58.2 Å². The molecule has 22 heavy (non-hydrogen) atoms. The van der Waals surface area contributed by atoms with Crippen LogP contribution in [0.15, 0.2) is 0 Å². The number of hydrogen-bond acceptors (Lipinski definition) is 4. The fourth-order valence-electron chi connectivity index (χ4n) is 2.70. The summed E-state index contributed by atoms with van der Waals surface area (Å²) >= 11 is 3.59. The molecule has 1 saturated carbocycles. The lowest BCUT2D eigenvalue weighted by molar-refractivity contribution is -0.121. The maximum Gasteiger partial charge on any atom is 0.221 e. The van der Waals surface area contributed by atoms with E-state index in [1.165, 1.54) is 0 Å². The second-order valence-corrected chi connectivity index (χ2v) is 8.35. The molecule has 0 aromatic heterocycles. The Morgan fingerprint density at radius 3 is 2.27 bits per heavy atom. The number of amides is 2. The number of thioether (sulfide) groups is 2. The molecule has 0 radical (unpaired) electrons. The Balaban J connectivity index is 2.22. The quantitative estimate of drug-likeness (QED) is 0.565. The summed E-state index contributed by atoms with van der Waals surface area (Å²) in [7, 11) is 0. The lowest BCUT2D eigenvalue weighted by atomic mass is 10.0. The monoisotopic (exact) mass is 346 g/mol. The zero-order valence-electron chi connectivity index (χ0n) is 13.9. The van der Waals surface area contributed by atoms with Crippen LogP contribution in [0.2, 0.25) is 0 Å². The Labute approximate surface area is 143 Å². The van der Waals surface area contributed by atoms with Gasteiger partial charge in [-0.05, 0) is 30.3 Å². The van der Waals surface area contributed by atoms with E-state index < -0.39 is 0 Å². The van der Waals surface area contributed by atoms with Gasteiger partial charge in [-0.15, -0.1) is 0 Å². The van der Waals surface area contributed by atoms with E-state index in [-0.39, 0.29) is 17.9 Å². The molecule has 0 bridgehead atoms. The van der Waals surface area contributed by atoms with Gasteiger partial charge < -0.3 is 10.6 Å². The zero-order valence-corrected chi connectivity index (χ0v) is 15.5. The maximum atomic E-state index is 11.9. The van der Waals surface area contributed by atoms with Crippen LogP contribution in [0, 0.1) is 5.92 Å². The van der Waals surface area contributed by atoms with Gasteiger partial charge in [-0.3, -0.25) is 9.59 Å². The number of carbonyl (C=O) groups is 2. The first-order valence-corrected chi connectivity index (χ1v) is 10.7. The SMILES string of the molecule is CCSCCC(=O)NC[C@@H]1CCC[C@@H]1NC(=O)CCSCC. The zero-order chi connectivity index (χ0) is 16.2. The highest BCUT2D eigenvalue weighted by Crippen LogP contribution is 2.25. The summed E-state index contributed by atoms with van der Waals surface area (Å²) < 4.78 is 0. The van der Waals surface area contributed by atoms with Crippen molar-refractivity contribution in [2.75, 3.05) is 29.6 Å². The van der Waals surface area contributed by atoms with Crippen LogP contribution in [0.1, 0.15) is 46.0 Å². The van der Waals surface area contributed by atoms with E-state index in [1.54, 1.807) is 23.5 Å². The Hall–Kier alpha value is -0.360. The second-order valence-electron chi connectivity index (χ2n) is 5.56. The average molecular weight is 347 g/mol. The third-order valence-electron chi connectivity index (χ3n) is 3.92. The van der Waals surface area contributed by atoms with Crippen LogP contribution < -0.4 is 10.6 Å². The van der Waals surface area contributed by atoms with Crippen molar-refractivity contribution < 1.29 is 9.59 Å². The first-order valence-electron chi connectivity index (χ1n) is 8.38. The number of hydrogen-bond donors (Lipinski definition) is 2. The minimum atomic E-state index is 0.136. The van der Waals surface area contributed by atoms with Crippen LogP contribution in [0.3, 0.4) is 0 Å². The third-order valence-corrected chi connectivity index (χ3v) is 5.72. The van der Waals surface area contributed by atoms with Gasteiger partial charge in [0.2, 0.25) is 11.8 Å². The average Bonchev–Trinajstić information content (AvgIpc) is 2.93. The molecule has 1 aliphatic carbocycles. The molecule has 0 heterocycles. The van der Waals surface area contributed by atoms with Crippen molar-refractivity contribution in [3.05, 3.63) is 0 Å². The minimum absolute atomic E-state index is 0.136. The van der Waals surface area contributed by atoms with Crippen LogP contribution in [0.4, 0.5) is 0 Å². The molecule has 1 fully saturated rings. The summed E-state index contributed by atoms with van der Waals surface area (Å²) in [5.41, 5.74) is 0. The summed E-state index contributed by atoms with van der Waals surface area (Å²) in [5.74, 6) is 4.59. The standard InChI is InChI=1S/C16H30N2O2S2/c1-3-21-10-8-15(19)17-12-13-6-5-7-14(13)18-16(20)9-11-22-4-2/h13-14H,3-12H2,1-2H3,(H,17,19)(H,18,20)/t13-,14-/m0/s1. The van der Waals surface area contributed by atoms with E-state index in [1.807, 2.05) is 0 Å². The van der Waals surface area contributed by atoms with Gasteiger partial charge in [0.25, 0.3) is 0 Å². The maximum absolute atomic E-state index is 11.9. The Morgan fingerprint density at radius 1 is 1.00 bits per heavy atom. The van der Waals surface area contributed by atoms with E-state index >= 15 is 0 Å². The minimum Gasteiger partial charge on any atom is -0.356 e. The molecule has 0 aromatic carbocycles. The highest BCUT2D eigenvalue weighted by molar-refractivity contribution is 7.99. The first-order chi connectivity index (χ1) is 10.7. The molecule has 1 aliphatic rings. The van der Waals surface area contributed by atoms with Gasteiger partial charge in [-0.25, -0.2) is 0 Å². The normalized spacial score (nSPS) is 20.8. The van der Waals surface area contributed by atoms with Gasteiger partial charge >= 0.3 is 0 Å². The molecule has 0 saturated heterocycles. The van der Waals surface area contributed by atoms with Crippen LogP contribution in [0.25, 0.3) is 0 Å². The van der Waals surface area contributed by atoms with E-state index in [0.29, 0.717) is 25.3 Å². The molecular weight excluding hydrogens is 316 g/mol. The molecule has 4 nitrogen and oxygen atoms in total. The lowest BCUT2D eigenvalue weighted by Gasteiger charge is -2.21. The van der Waals surface area contributed by atoms with Gasteiger partial charge in [-0.2, -0.15) is 23.5 Å². The number of carbonyl (C=O) groups excluding carboxylic acids is 2. The molecule has 2 amide bonds. The van der Waals surface area contributed by atoms with Crippen LogP contribution in [-0.4, -0.2) is 47.4 Å². The molecule has 0 aliphatic heterocycles. The predicted molar refractivity (Wildman–Crippen MR) is 97.5 cm³/mol. The van der Waals surface area contributed by atoms with Gasteiger partial charge in [0, 0.05) is 36.9 Å². The van der Waals surface area contributed by atoms with Gasteiger partial charge in [-0.1, -0.05) is 20.3 Å². The summed E-state index contributed by atoms with van der Waals surface area (Å²) in [5, 5.41) is 6.19. The van der Waals surface area contributed by atoms with Crippen molar-refractivity contribution >= 4 is 35.3 Å². The highest BCUT2D eigenvalue weighted by Gasteiger charge is 2.28. The smallest absolute Gasteiger partial charge is 0.221 e. The molecular formula is C16H30N2O2S2. The molecule has 0 unspecified atom stereocenters. The van der Waals surface area contributed by atoms with Crippen molar-refractivity contribution in [2.24, 2.45) is 5.92 Å². The van der Waals surface area contributed by atoms with E-state index in [2.05, 4.69) is 24.5 Å². The molecule has 128 valence electrons. The summed E-state index contributed by atoms with van der Waals surface area (Å²) in [6.45, 7) is 4.91. The number of rotatable bonds is 11.